The van der Waals surface area contributed by atoms with Crippen LogP contribution in [0.2, 0.25) is 0 Å². The van der Waals surface area contributed by atoms with E-state index < -0.39 is 64.7 Å². The van der Waals surface area contributed by atoms with E-state index in [2.05, 4.69) is 6.92 Å². The van der Waals surface area contributed by atoms with Crippen LogP contribution in [0.25, 0.3) is 0 Å². The molecule has 12 atom stereocenters. The Hall–Kier alpha value is -2.34. The summed E-state index contributed by atoms with van der Waals surface area (Å²) in [5.74, 6) is -1.59. The summed E-state index contributed by atoms with van der Waals surface area (Å²) >= 11 is 0. The monoisotopic (exact) mass is 618 g/mol. The van der Waals surface area contributed by atoms with Gasteiger partial charge in [0.25, 0.3) is 0 Å². The Morgan fingerprint density at radius 3 is 2.39 bits per heavy atom. The van der Waals surface area contributed by atoms with Crippen LogP contribution < -0.4 is 0 Å². The highest BCUT2D eigenvalue weighted by Gasteiger charge is 2.71. The van der Waals surface area contributed by atoms with E-state index in [9.17, 15) is 29.4 Å². The number of hydrogen-bond acceptors (Lipinski definition) is 11. The molecule has 44 heavy (non-hydrogen) atoms. The fourth-order valence-electron chi connectivity index (χ4n) is 10.4. The molecule has 11 heteroatoms. The van der Waals surface area contributed by atoms with Gasteiger partial charge in [0.15, 0.2) is 12.4 Å². The molecule has 1 saturated heterocycles. The summed E-state index contributed by atoms with van der Waals surface area (Å²) in [6, 6.07) is 0. The minimum atomic E-state index is -1.30. The van der Waals surface area contributed by atoms with Crippen LogP contribution in [0, 0.1) is 28.6 Å². The molecular weight excluding hydrogens is 572 g/mol. The summed E-state index contributed by atoms with van der Waals surface area (Å²) in [4.78, 5) is 48.4. The molecule has 0 amide bonds. The molecule has 6 rings (SSSR count). The molecule has 6 aliphatic rings. The van der Waals surface area contributed by atoms with Gasteiger partial charge in [-0.05, 0) is 81.6 Å². The van der Waals surface area contributed by atoms with E-state index in [4.69, 9.17) is 23.7 Å². The summed E-state index contributed by atoms with van der Waals surface area (Å²) in [6.45, 7) is 6.72. The van der Waals surface area contributed by atoms with Gasteiger partial charge >= 0.3 is 17.9 Å². The van der Waals surface area contributed by atoms with Crippen LogP contribution in [0.4, 0.5) is 0 Å². The van der Waals surface area contributed by atoms with Gasteiger partial charge in [-0.2, -0.15) is 0 Å². The number of hydrogen-bond donors (Lipinski definition) is 2. The average molecular weight is 619 g/mol. The molecule has 0 bridgehead atoms. The molecule has 0 aromatic carbocycles. The lowest BCUT2D eigenvalue weighted by atomic mass is 9.41. The van der Waals surface area contributed by atoms with Crippen molar-refractivity contribution in [2.45, 2.75) is 134 Å². The maximum atomic E-state index is 13.1. The topological polar surface area (TPSA) is 155 Å². The predicted molar refractivity (Wildman–Crippen MR) is 153 cm³/mol. The predicted octanol–water partition coefficient (Wildman–Crippen LogP) is 2.92. The first-order chi connectivity index (χ1) is 20.7. The number of aldehydes is 1. The maximum absolute atomic E-state index is 13.1. The second-order valence-electron chi connectivity index (χ2n) is 14.5. The minimum Gasteiger partial charge on any atom is -0.458 e. The zero-order valence-electron chi connectivity index (χ0n) is 26.1. The fraction of sp³-hybridized carbons (Fsp3) is 0.818. The van der Waals surface area contributed by atoms with Crippen molar-refractivity contribution in [3.8, 4) is 0 Å². The van der Waals surface area contributed by atoms with Crippen LogP contribution in [0.3, 0.4) is 0 Å². The molecule has 0 unspecified atom stereocenters. The first-order valence-corrected chi connectivity index (χ1v) is 16.2. The molecule has 11 nitrogen and oxygen atoms in total. The maximum Gasteiger partial charge on any atom is 0.331 e. The number of rotatable bonds is 6. The Morgan fingerprint density at radius 2 is 1.73 bits per heavy atom. The standard InChI is InChI=1S/C33H46O11/c1-18-29(43-20(3)36)26(42-19(2)35)14-28(41-18)44-22-5-10-31(17-34)24-6-9-30(4)23(21-13-27(37)40-16-21)8-12-33(30,39)25(24)7-11-32(31,38)15-22/h13,17-18,22-26,28-29,38-39H,5-12,14-16H2,1-4H3/t18-,22+,23+,24-,25+,26+,28-,29-,30-,31+,32-,33+/m1/s1. The van der Waals surface area contributed by atoms with Gasteiger partial charge in [-0.25, -0.2) is 4.79 Å². The highest BCUT2D eigenvalue weighted by Crippen LogP contribution is 2.70. The number of carbonyl (C=O) groups excluding carboxylic acids is 4. The first-order valence-electron chi connectivity index (χ1n) is 16.2. The van der Waals surface area contributed by atoms with Crippen LogP contribution in [0.15, 0.2) is 11.6 Å². The van der Waals surface area contributed by atoms with E-state index in [0.29, 0.717) is 44.9 Å². The lowest BCUT2D eigenvalue weighted by Gasteiger charge is -2.65. The fourth-order valence-corrected chi connectivity index (χ4v) is 10.4. The van der Waals surface area contributed by atoms with Crippen molar-refractivity contribution >= 4 is 24.2 Å². The highest BCUT2D eigenvalue weighted by atomic mass is 16.7. The summed E-state index contributed by atoms with van der Waals surface area (Å²) in [7, 11) is 0. The number of esters is 3. The highest BCUT2D eigenvalue weighted by molar-refractivity contribution is 5.85. The van der Waals surface area contributed by atoms with Crippen molar-refractivity contribution < 1.29 is 53.1 Å². The van der Waals surface area contributed by atoms with E-state index in [1.54, 1.807) is 13.0 Å². The second kappa shape index (κ2) is 11.2. The van der Waals surface area contributed by atoms with Crippen molar-refractivity contribution in [2.75, 3.05) is 6.61 Å². The van der Waals surface area contributed by atoms with E-state index in [-0.39, 0.29) is 43.2 Å². The summed E-state index contributed by atoms with van der Waals surface area (Å²) in [5, 5.41) is 24.7. The number of cyclic esters (lactones) is 1. The van der Waals surface area contributed by atoms with Crippen molar-refractivity contribution in [1.29, 1.82) is 0 Å². The minimum absolute atomic E-state index is 0.0474. The third-order valence-corrected chi connectivity index (χ3v) is 12.4. The molecule has 4 aliphatic carbocycles. The Bertz CT molecular complexity index is 1230. The third-order valence-electron chi connectivity index (χ3n) is 12.4. The Morgan fingerprint density at radius 1 is 1.00 bits per heavy atom. The average Bonchev–Trinajstić information content (AvgIpc) is 3.49. The number of fused-ring (bicyclic) bond motifs is 5. The molecule has 0 radical (unpaired) electrons. The van der Waals surface area contributed by atoms with E-state index in [1.807, 2.05) is 0 Å². The van der Waals surface area contributed by atoms with Gasteiger partial charge in [0.2, 0.25) is 0 Å². The smallest absolute Gasteiger partial charge is 0.331 e. The van der Waals surface area contributed by atoms with Crippen LogP contribution in [-0.4, -0.2) is 82.9 Å². The molecule has 5 fully saturated rings. The zero-order chi connectivity index (χ0) is 31.7. The van der Waals surface area contributed by atoms with Crippen LogP contribution in [0.5, 0.6) is 0 Å². The van der Waals surface area contributed by atoms with Crippen LogP contribution >= 0.6 is 0 Å². The molecule has 2 N–H and O–H groups in total. The van der Waals surface area contributed by atoms with Gasteiger partial charge in [-0.3, -0.25) is 9.59 Å². The Kier molecular flexibility index (Phi) is 8.03. The van der Waals surface area contributed by atoms with Crippen LogP contribution in [0.1, 0.15) is 91.9 Å². The van der Waals surface area contributed by atoms with E-state index >= 15 is 0 Å². The number of aliphatic hydroxyl groups is 2. The van der Waals surface area contributed by atoms with E-state index in [1.165, 1.54) is 13.8 Å². The second-order valence-corrected chi connectivity index (χ2v) is 14.5. The van der Waals surface area contributed by atoms with E-state index in [0.717, 1.165) is 18.3 Å². The van der Waals surface area contributed by atoms with Gasteiger partial charge in [0.05, 0.1) is 28.8 Å². The normalized spacial score (nSPS) is 48.2. The van der Waals surface area contributed by atoms with Gasteiger partial charge in [-0.1, -0.05) is 6.92 Å². The molecular formula is C33H46O11. The van der Waals surface area contributed by atoms with Crippen molar-refractivity contribution in [3.63, 3.8) is 0 Å². The molecule has 244 valence electrons. The molecule has 2 heterocycles. The van der Waals surface area contributed by atoms with Gasteiger partial charge < -0.3 is 38.7 Å². The Balaban J connectivity index is 1.18. The molecule has 0 aromatic heterocycles. The van der Waals surface area contributed by atoms with Gasteiger partial charge in [0.1, 0.15) is 19.0 Å². The van der Waals surface area contributed by atoms with Crippen molar-refractivity contribution in [1.82, 2.24) is 0 Å². The summed E-state index contributed by atoms with van der Waals surface area (Å²) < 4.78 is 28.5. The van der Waals surface area contributed by atoms with Crippen LogP contribution in [-0.2, 0) is 42.9 Å². The largest absolute Gasteiger partial charge is 0.458 e. The zero-order valence-corrected chi connectivity index (χ0v) is 26.1. The quantitative estimate of drug-likeness (QED) is 0.195. The first kappa shape index (κ1) is 31.6. The number of ether oxygens (including phenoxy) is 5. The molecule has 2 aliphatic heterocycles. The lowest BCUT2D eigenvalue weighted by Crippen LogP contribution is -2.69. The van der Waals surface area contributed by atoms with Gasteiger partial charge in [0, 0.05) is 38.2 Å². The summed E-state index contributed by atoms with van der Waals surface area (Å²) in [5.41, 5.74) is -2.79. The van der Waals surface area contributed by atoms with Crippen molar-refractivity contribution in [3.05, 3.63) is 11.6 Å². The Labute approximate surface area is 257 Å². The summed E-state index contributed by atoms with van der Waals surface area (Å²) in [6.07, 6.45) is 4.39. The molecule has 4 saturated carbocycles. The third kappa shape index (κ3) is 4.84. The molecule has 0 aromatic rings. The number of carbonyl (C=O) groups is 4. The van der Waals surface area contributed by atoms with Gasteiger partial charge in [-0.15, -0.1) is 0 Å². The SMILES string of the molecule is CC(=O)O[C@H]1[C@@H](OC(C)=O)C[C@@H](O[C@H]2CC[C@]3(C=O)[C@@H]4CC[C@]5(C)[C@H](C6=CC(=O)OC6)CC[C@]5(O)[C@H]4CC[C@@]3(O)C2)O[C@@H]1C. The van der Waals surface area contributed by atoms with Crippen molar-refractivity contribution in [2.24, 2.45) is 28.6 Å². The lowest BCUT2D eigenvalue weighted by molar-refractivity contribution is -0.288. The molecule has 0 spiro atoms.